The molecular formula is C24H21FN4O3. The molecule has 7 nitrogen and oxygen atoms in total. The van der Waals surface area contributed by atoms with Gasteiger partial charge < -0.3 is 4.74 Å². The van der Waals surface area contributed by atoms with E-state index in [9.17, 15) is 14.0 Å². The number of pyridine rings is 1. The fraction of sp³-hybridized carbons (Fsp3) is 0.292. The number of aromatic nitrogens is 3. The van der Waals surface area contributed by atoms with E-state index in [1.54, 1.807) is 43.0 Å². The lowest BCUT2D eigenvalue weighted by Gasteiger charge is -2.35. The molecule has 0 saturated heterocycles. The number of amides is 1. The average Bonchev–Trinajstić information content (AvgIpc) is 3.11. The van der Waals surface area contributed by atoms with Crippen molar-refractivity contribution in [1.29, 1.82) is 0 Å². The number of esters is 1. The Morgan fingerprint density at radius 2 is 1.84 bits per heavy atom. The Kier molecular flexibility index (Phi) is 5.13. The van der Waals surface area contributed by atoms with Crippen LogP contribution in [-0.2, 0) is 21.8 Å². The Hall–Kier alpha value is -3.68. The molecule has 1 spiro atoms. The van der Waals surface area contributed by atoms with Crippen molar-refractivity contribution in [3.05, 3.63) is 71.8 Å². The molecule has 32 heavy (non-hydrogen) atoms. The maximum Gasteiger partial charge on any atom is 0.339 e. The first-order valence-electron chi connectivity index (χ1n) is 10.5. The van der Waals surface area contributed by atoms with Crippen LogP contribution in [0.5, 0.6) is 0 Å². The first-order valence-corrected chi connectivity index (χ1v) is 10.5. The largest absolute Gasteiger partial charge is 0.450 e. The predicted molar refractivity (Wildman–Crippen MR) is 114 cm³/mol. The number of nitrogens with one attached hydrogen (secondary N) is 1. The van der Waals surface area contributed by atoms with Gasteiger partial charge in [0, 0.05) is 41.8 Å². The summed E-state index contributed by atoms with van der Waals surface area (Å²) in [6, 6.07) is 8.82. The first kappa shape index (κ1) is 20.2. The van der Waals surface area contributed by atoms with Crippen LogP contribution in [0.1, 0.15) is 47.2 Å². The lowest BCUT2D eigenvalue weighted by molar-refractivity contribution is -0.122. The van der Waals surface area contributed by atoms with Gasteiger partial charge in [-0.2, -0.15) is 0 Å². The number of anilines is 1. The predicted octanol–water partition coefficient (Wildman–Crippen LogP) is 4.20. The molecule has 0 unspecified atom stereocenters. The van der Waals surface area contributed by atoms with Crippen molar-refractivity contribution >= 4 is 17.8 Å². The van der Waals surface area contributed by atoms with Gasteiger partial charge in [0.2, 0.25) is 11.9 Å². The molecule has 1 amide bonds. The Bertz CT molecular complexity index is 1170. The zero-order chi connectivity index (χ0) is 22.1. The minimum Gasteiger partial charge on any atom is -0.450 e. The monoisotopic (exact) mass is 432 g/mol. The summed E-state index contributed by atoms with van der Waals surface area (Å²) < 4.78 is 18.9. The van der Waals surface area contributed by atoms with Gasteiger partial charge >= 0.3 is 5.97 Å². The van der Waals surface area contributed by atoms with E-state index in [0.717, 1.165) is 11.1 Å². The fourth-order valence-electron chi connectivity index (χ4n) is 4.60. The van der Waals surface area contributed by atoms with Gasteiger partial charge in [0.15, 0.2) is 0 Å². The van der Waals surface area contributed by atoms with Gasteiger partial charge in [0.05, 0.1) is 5.56 Å². The van der Waals surface area contributed by atoms with Crippen molar-refractivity contribution < 1.29 is 18.7 Å². The van der Waals surface area contributed by atoms with E-state index in [2.05, 4.69) is 20.3 Å². The summed E-state index contributed by atoms with van der Waals surface area (Å²) in [4.78, 5) is 37.6. The van der Waals surface area contributed by atoms with E-state index in [1.807, 2.05) is 12.1 Å². The molecule has 0 radical (unpaired) electrons. The van der Waals surface area contributed by atoms with Gasteiger partial charge in [0.25, 0.3) is 0 Å². The zero-order valence-corrected chi connectivity index (χ0v) is 17.3. The summed E-state index contributed by atoms with van der Waals surface area (Å²) in [5.41, 5.74) is 2.67. The van der Waals surface area contributed by atoms with E-state index in [1.165, 1.54) is 0 Å². The van der Waals surface area contributed by atoms with Gasteiger partial charge in [-0.05, 0) is 42.9 Å². The zero-order valence-electron chi connectivity index (χ0n) is 17.3. The molecule has 1 aliphatic carbocycles. The number of nitrogens with zero attached hydrogens (tertiary/aromatic N) is 3. The van der Waals surface area contributed by atoms with E-state index < -0.39 is 12.3 Å². The van der Waals surface area contributed by atoms with Crippen LogP contribution in [0, 0.1) is 5.92 Å². The van der Waals surface area contributed by atoms with Gasteiger partial charge in [-0.15, -0.1) is 0 Å². The fourth-order valence-corrected chi connectivity index (χ4v) is 4.60. The summed E-state index contributed by atoms with van der Waals surface area (Å²) in [6.45, 7) is -0.576. The van der Waals surface area contributed by atoms with Crippen LogP contribution in [0.15, 0.2) is 55.1 Å². The Labute approximate surface area is 184 Å². The number of carbonyl (C=O) groups excluding carboxylic acids is 2. The molecular weight excluding hydrogens is 411 g/mol. The van der Waals surface area contributed by atoms with Crippen LogP contribution in [-0.4, -0.2) is 26.8 Å². The molecule has 2 aliphatic rings. The molecule has 1 saturated carbocycles. The van der Waals surface area contributed by atoms with Crippen LogP contribution >= 0.6 is 0 Å². The molecule has 1 N–H and O–H groups in total. The van der Waals surface area contributed by atoms with Crippen molar-refractivity contribution in [2.24, 2.45) is 5.92 Å². The number of benzene rings is 1. The van der Waals surface area contributed by atoms with Crippen molar-refractivity contribution in [3.8, 4) is 11.1 Å². The Balaban J connectivity index is 1.24. The highest BCUT2D eigenvalue weighted by Crippen LogP contribution is 2.47. The lowest BCUT2D eigenvalue weighted by Crippen LogP contribution is -2.36. The Morgan fingerprint density at radius 3 is 2.59 bits per heavy atom. The van der Waals surface area contributed by atoms with E-state index in [0.29, 0.717) is 42.4 Å². The minimum atomic E-state index is -0.681. The SMILES string of the molecule is O=C1OC2(CCC(C(=O)Nc3ncc(-c4ccccc4CF)cn3)CC2)c2cnccc21. The smallest absolute Gasteiger partial charge is 0.339 e. The van der Waals surface area contributed by atoms with E-state index >= 15 is 0 Å². The van der Waals surface area contributed by atoms with Crippen LogP contribution in [0.2, 0.25) is 0 Å². The van der Waals surface area contributed by atoms with Gasteiger partial charge in [-0.25, -0.2) is 19.2 Å². The van der Waals surface area contributed by atoms with E-state index in [4.69, 9.17) is 4.74 Å². The third kappa shape index (κ3) is 3.51. The first-order chi connectivity index (χ1) is 15.6. The van der Waals surface area contributed by atoms with Crippen LogP contribution < -0.4 is 5.32 Å². The summed E-state index contributed by atoms with van der Waals surface area (Å²) in [5, 5.41) is 2.77. The van der Waals surface area contributed by atoms with Gasteiger partial charge in [-0.3, -0.25) is 15.1 Å². The number of carbonyl (C=O) groups is 2. The molecule has 5 rings (SSSR count). The molecule has 3 heterocycles. The van der Waals surface area contributed by atoms with Crippen molar-refractivity contribution in [1.82, 2.24) is 15.0 Å². The number of halogens is 1. The number of hydrogen-bond acceptors (Lipinski definition) is 6. The second kappa shape index (κ2) is 8.11. The van der Waals surface area contributed by atoms with Crippen LogP contribution in [0.3, 0.4) is 0 Å². The third-order valence-corrected chi connectivity index (χ3v) is 6.34. The molecule has 2 aromatic heterocycles. The number of ether oxygens (including phenoxy) is 1. The average molecular weight is 432 g/mol. The normalized spacial score (nSPS) is 21.8. The molecule has 162 valence electrons. The highest BCUT2D eigenvalue weighted by Gasteiger charge is 2.48. The Morgan fingerprint density at radius 1 is 1.09 bits per heavy atom. The highest BCUT2D eigenvalue weighted by atomic mass is 19.1. The number of hydrogen-bond donors (Lipinski definition) is 1. The molecule has 1 aliphatic heterocycles. The molecule has 0 atom stereocenters. The third-order valence-electron chi connectivity index (χ3n) is 6.34. The molecule has 8 heteroatoms. The van der Waals surface area contributed by atoms with Crippen LogP contribution in [0.4, 0.5) is 10.3 Å². The minimum absolute atomic E-state index is 0.160. The lowest BCUT2D eigenvalue weighted by atomic mass is 9.75. The second-order valence-electron chi connectivity index (χ2n) is 8.15. The van der Waals surface area contributed by atoms with Crippen molar-refractivity contribution in [3.63, 3.8) is 0 Å². The van der Waals surface area contributed by atoms with Crippen LogP contribution in [0.25, 0.3) is 11.1 Å². The highest BCUT2D eigenvalue weighted by molar-refractivity contribution is 5.95. The molecule has 3 aromatic rings. The van der Waals surface area contributed by atoms with E-state index in [-0.39, 0.29) is 23.7 Å². The summed E-state index contributed by atoms with van der Waals surface area (Å²) >= 11 is 0. The van der Waals surface area contributed by atoms with Gasteiger partial charge in [-0.1, -0.05) is 24.3 Å². The van der Waals surface area contributed by atoms with Crippen molar-refractivity contribution in [2.45, 2.75) is 38.0 Å². The second-order valence-corrected chi connectivity index (χ2v) is 8.15. The quantitative estimate of drug-likeness (QED) is 0.621. The maximum atomic E-state index is 13.2. The molecule has 1 fully saturated rings. The summed E-state index contributed by atoms with van der Waals surface area (Å²) in [5.74, 6) is -0.505. The molecule has 0 bridgehead atoms. The van der Waals surface area contributed by atoms with Crippen molar-refractivity contribution in [2.75, 3.05) is 5.32 Å². The maximum absolute atomic E-state index is 13.2. The number of alkyl halides is 1. The number of fused-ring (bicyclic) bond motifs is 2. The molecule has 1 aromatic carbocycles. The van der Waals surface area contributed by atoms with Gasteiger partial charge in [0.1, 0.15) is 12.3 Å². The summed E-state index contributed by atoms with van der Waals surface area (Å²) in [7, 11) is 0. The standard InChI is InChI=1S/C24H21FN4O3/c25-11-16-3-1-2-4-18(16)17-12-27-23(28-13-17)29-21(30)15-5-8-24(9-6-15)20-14-26-10-7-19(20)22(31)32-24/h1-4,7,10,12-15H,5-6,8-9,11H2,(H,27,28,29,30). The topological polar surface area (TPSA) is 94.1 Å². The summed E-state index contributed by atoms with van der Waals surface area (Å²) in [6.07, 6.45) is 8.72. The number of rotatable bonds is 4.